The lowest BCUT2D eigenvalue weighted by Crippen LogP contribution is -2.09. The van der Waals surface area contributed by atoms with Crippen molar-refractivity contribution in [2.24, 2.45) is 0 Å². The number of hydrogen-bond acceptors (Lipinski definition) is 5. The highest BCUT2D eigenvalue weighted by Gasteiger charge is 2.27. The number of anilines is 1. The lowest BCUT2D eigenvalue weighted by Gasteiger charge is -2.03. The van der Waals surface area contributed by atoms with E-state index >= 15 is 0 Å². The van der Waals surface area contributed by atoms with Gasteiger partial charge in [-0.3, -0.25) is 0 Å². The number of esters is 1. The van der Waals surface area contributed by atoms with E-state index in [1.165, 1.54) is 11.3 Å². The monoisotopic (exact) mass is 366 g/mol. The summed E-state index contributed by atoms with van der Waals surface area (Å²) in [4.78, 5) is 16.5. The molecular formula is C15H15BrN2O2S. The summed E-state index contributed by atoms with van der Waals surface area (Å²) in [6, 6.07) is 8.37. The Kier molecular flexibility index (Phi) is 4.26. The third-order valence-corrected chi connectivity index (χ3v) is 4.61. The fourth-order valence-corrected chi connectivity index (χ4v) is 3.34. The van der Waals surface area contributed by atoms with Crippen LogP contribution in [0.4, 0.5) is 5.00 Å². The molecule has 0 radical (unpaired) electrons. The van der Waals surface area contributed by atoms with Crippen molar-refractivity contribution in [3.05, 3.63) is 34.4 Å². The summed E-state index contributed by atoms with van der Waals surface area (Å²) >= 11 is 4.96. The fourth-order valence-electron chi connectivity index (χ4n) is 1.91. The zero-order valence-electron chi connectivity index (χ0n) is 11.6. The number of carbonyl (C=O) groups is 1. The first-order chi connectivity index (χ1) is 10.2. The van der Waals surface area contributed by atoms with Crippen molar-refractivity contribution in [2.75, 3.05) is 11.9 Å². The van der Waals surface area contributed by atoms with Crippen LogP contribution in [-0.4, -0.2) is 23.6 Å². The molecule has 1 aromatic carbocycles. The zero-order valence-corrected chi connectivity index (χ0v) is 14.0. The van der Waals surface area contributed by atoms with Gasteiger partial charge >= 0.3 is 5.97 Å². The Bertz CT molecular complexity index is 667. The van der Waals surface area contributed by atoms with Gasteiger partial charge in [0.2, 0.25) is 0 Å². The normalized spacial score (nSPS) is 14.0. The average molecular weight is 367 g/mol. The summed E-state index contributed by atoms with van der Waals surface area (Å²) in [5.41, 5.74) is 1.38. The van der Waals surface area contributed by atoms with E-state index in [1.54, 1.807) is 6.92 Å². The summed E-state index contributed by atoms with van der Waals surface area (Å²) in [6.45, 7) is 2.15. The van der Waals surface area contributed by atoms with Gasteiger partial charge in [0.05, 0.1) is 6.61 Å². The Morgan fingerprint density at radius 2 is 2.33 bits per heavy atom. The van der Waals surface area contributed by atoms with Crippen LogP contribution in [-0.2, 0) is 4.74 Å². The van der Waals surface area contributed by atoms with Crippen molar-refractivity contribution in [2.45, 2.75) is 25.8 Å². The van der Waals surface area contributed by atoms with Crippen LogP contribution in [0.3, 0.4) is 0 Å². The number of thiazole rings is 1. The minimum absolute atomic E-state index is 0.353. The quantitative estimate of drug-likeness (QED) is 0.800. The molecule has 1 fully saturated rings. The molecule has 0 saturated heterocycles. The molecule has 1 aliphatic rings. The molecule has 1 aromatic heterocycles. The van der Waals surface area contributed by atoms with Gasteiger partial charge in [0.1, 0.15) is 10.0 Å². The second-order valence-electron chi connectivity index (χ2n) is 4.85. The molecule has 21 heavy (non-hydrogen) atoms. The van der Waals surface area contributed by atoms with Crippen molar-refractivity contribution >= 4 is 38.2 Å². The second kappa shape index (κ2) is 6.15. The smallest absolute Gasteiger partial charge is 0.360 e. The number of aromatic nitrogens is 1. The lowest BCUT2D eigenvalue weighted by molar-refractivity contribution is 0.0521. The topological polar surface area (TPSA) is 51.2 Å². The molecule has 1 heterocycles. The first-order valence-electron chi connectivity index (χ1n) is 6.88. The molecule has 2 aromatic rings. The Hall–Kier alpha value is -1.40. The standard InChI is InChI=1S/C15H15BrN2O2S/c1-2-20-15(19)12-14(17-11-6-7-11)21-13(18-12)9-4-3-5-10(16)8-9/h3-5,8,11,17H,2,6-7H2,1H3. The van der Waals surface area contributed by atoms with Gasteiger partial charge in [-0.2, -0.15) is 0 Å². The Morgan fingerprint density at radius 1 is 1.52 bits per heavy atom. The Morgan fingerprint density at radius 3 is 3.00 bits per heavy atom. The number of halogens is 1. The third-order valence-electron chi connectivity index (χ3n) is 3.08. The van der Waals surface area contributed by atoms with E-state index in [1.807, 2.05) is 24.3 Å². The molecule has 0 atom stereocenters. The lowest BCUT2D eigenvalue weighted by atomic mass is 10.2. The van der Waals surface area contributed by atoms with Gasteiger partial charge in [0.25, 0.3) is 0 Å². The van der Waals surface area contributed by atoms with E-state index in [4.69, 9.17) is 4.74 Å². The van der Waals surface area contributed by atoms with Crippen molar-refractivity contribution in [3.63, 3.8) is 0 Å². The first kappa shape index (κ1) is 14.5. The number of ether oxygens (including phenoxy) is 1. The molecule has 1 aliphatic carbocycles. The first-order valence-corrected chi connectivity index (χ1v) is 8.48. The van der Waals surface area contributed by atoms with Gasteiger partial charge in [-0.1, -0.05) is 39.4 Å². The van der Waals surface area contributed by atoms with Gasteiger partial charge in [0.15, 0.2) is 5.69 Å². The Balaban J connectivity index is 1.96. The molecule has 3 rings (SSSR count). The molecule has 6 heteroatoms. The molecule has 0 spiro atoms. The highest BCUT2D eigenvalue weighted by Crippen LogP contribution is 2.36. The predicted octanol–water partition coefficient (Wildman–Crippen LogP) is 4.32. The molecule has 110 valence electrons. The van der Waals surface area contributed by atoms with E-state index in [9.17, 15) is 4.79 Å². The minimum Gasteiger partial charge on any atom is -0.461 e. The number of benzene rings is 1. The van der Waals surface area contributed by atoms with Crippen molar-refractivity contribution in [1.29, 1.82) is 0 Å². The van der Waals surface area contributed by atoms with Crippen LogP contribution in [0.2, 0.25) is 0 Å². The SMILES string of the molecule is CCOC(=O)c1nc(-c2cccc(Br)c2)sc1NC1CC1. The van der Waals surface area contributed by atoms with Crippen LogP contribution in [0.15, 0.2) is 28.7 Å². The van der Waals surface area contributed by atoms with Crippen molar-refractivity contribution in [1.82, 2.24) is 4.98 Å². The molecular weight excluding hydrogens is 352 g/mol. The van der Waals surface area contributed by atoms with Crippen LogP contribution >= 0.6 is 27.3 Å². The molecule has 0 amide bonds. The summed E-state index contributed by atoms with van der Waals surface area (Å²) in [5.74, 6) is -0.363. The van der Waals surface area contributed by atoms with Crippen LogP contribution < -0.4 is 5.32 Å². The number of nitrogens with zero attached hydrogens (tertiary/aromatic N) is 1. The predicted molar refractivity (Wildman–Crippen MR) is 87.9 cm³/mol. The molecule has 1 N–H and O–H groups in total. The van der Waals surface area contributed by atoms with Gasteiger partial charge < -0.3 is 10.1 Å². The maximum atomic E-state index is 12.1. The van der Waals surface area contributed by atoms with Crippen LogP contribution in [0, 0.1) is 0 Å². The highest BCUT2D eigenvalue weighted by molar-refractivity contribution is 9.10. The van der Waals surface area contributed by atoms with Crippen LogP contribution in [0.1, 0.15) is 30.3 Å². The largest absolute Gasteiger partial charge is 0.461 e. The minimum atomic E-state index is -0.363. The maximum absolute atomic E-state index is 12.1. The molecule has 1 saturated carbocycles. The summed E-state index contributed by atoms with van der Waals surface area (Å²) in [5, 5.41) is 5.00. The van der Waals surface area contributed by atoms with Crippen molar-refractivity contribution < 1.29 is 9.53 Å². The number of nitrogens with one attached hydrogen (secondary N) is 1. The summed E-state index contributed by atoms with van der Waals surface area (Å²) in [6.07, 6.45) is 2.29. The van der Waals surface area contributed by atoms with E-state index < -0.39 is 0 Å². The van der Waals surface area contributed by atoms with E-state index in [0.717, 1.165) is 32.9 Å². The Labute approximate surface area is 135 Å². The maximum Gasteiger partial charge on any atom is 0.360 e. The number of rotatable bonds is 5. The number of carbonyl (C=O) groups excluding carboxylic acids is 1. The third kappa shape index (κ3) is 3.44. The van der Waals surface area contributed by atoms with Crippen molar-refractivity contribution in [3.8, 4) is 10.6 Å². The van der Waals surface area contributed by atoms with Gasteiger partial charge in [-0.05, 0) is 31.9 Å². The number of hydrogen-bond donors (Lipinski definition) is 1. The highest BCUT2D eigenvalue weighted by atomic mass is 79.9. The summed E-state index contributed by atoms with van der Waals surface area (Å²) in [7, 11) is 0. The molecule has 0 unspecified atom stereocenters. The van der Waals surface area contributed by atoms with Gasteiger partial charge in [-0.15, -0.1) is 0 Å². The fraction of sp³-hybridized carbons (Fsp3) is 0.333. The second-order valence-corrected chi connectivity index (χ2v) is 6.76. The van der Waals surface area contributed by atoms with Crippen LogP contribution in [0.25, 0.3) is 10.6 Å². The van der Waals surface area contributed by atoms with E-state index in [-0.39, 0.29) is 5.97 Å². The van der Waals surface area contributed by atoms with Crippen LogP contribution in [0.5, 0.6) is 0 Å². The molecule has 4 nitrogen and oxygen atoms in total. The molecule has 0 aliphatic heterocycles. The average Bonchev–Trinajstić information content (AvgIpc) is 3.16. The molecule has 0 bridgehead atoms. The van der Waals surface area contributed by atoms with E-state index in [0.29, 0.717) is 18.3 Å². The van der Waals surface area contributed by atoms with E-state index in [2.05, 4.69) is 26.2 Å². The van der Waals surface area contributed by atoms with Gasteiger partial charge in [-0.25, -0.2) is 9.78 Å². The van der Waals surface area contributed by atoms with Gasteiger partial charge in [0, 0.05) is 16.1 Å². The zero-order chi connectivity index (χ0) is 14.8. The summed E-state index contributed by atoms with van der Waals surface area (Å²) < 4.78 is 6.09.